The quantitative estimate of drug-likeness (QED) is 0.365. The number of amides is 1. The molecule has 0 atom stereocenters. The van der Waals surface area contributed by atoms with E-state index in [1.165, 1.54) is 17.9 Å². The second kappa shape index (κ2) is 9.41. The number of allylic oxidation sites excluding steroid dienone is 1. The number of carbonyl (C=O) groups excluding carboxylic acids is 1. The van der Waals surface area contributed by atoms with Crippen molar-refractivity contribution in [2.24, 2.45) is 11.6 Å². The van der Waals surface area contributed by atoms with Crippen LogP contribution in [0.3, 0.4) is 0 Å². The maximum absolute atomic E-state index is 12.8. The molecule has 160 valence electrons. The molecule has 5 N–H and O–H groups in total. The Balaban J connectivity index is 1.80. The van der Waals surface area contributed by atoms with Crippen molar-refractivity contribution in [2.45, 2.75) is 19.8 Å². The summed E-state index contributed by atoms with van der Waals surface area (Å²) in [4.78, 5) is 15.1. The lowest BCUT2D eigenvalue weighted by molar-refractivity contribution is -0.113. The van der Waals surface area contributed by atoms with E-state index in [1.807, 2.05) is 24.3 Å². The fraction of sp³-hybridized carbons (Fsp3) is 0.318. The molecule has 8 heteroatoms. The van der Waals surface area contributed by atoms with Crippen molar-refractivity contribution in [3.63, 3.8) is 0 Å². The van der Waals surface area contributed by atoms with E-state index in [1.54, 1.807) is 39.3 Å². The van der Waals surface area contributed by atoms with E-state index in [0.717, 1.165) is 18.8 Å². The van der Waals surface area contributed by atoms with E-state index < -0.39 is 5.91 Å². The summed E-state index contributed by atoms with van der Waals surface area (Å²) in [6, 6.07) is 13.0. The summed E-state index contributed by atoms with van der Waals surface area (Å²) in [5.74, 6) is 6.96. The van der Waals surface area contributed by atoms with Crippen LogP contribution in [0.25, 0.3) is 0 Å². The number of hydrazine groups is 1. The van der Waals surface area contributed by atoms with Crippen molar-refractivity contribution < 1.29 is 14.3 Å². The zero-order valence-corrected chi connectivity index (χ0v) is 17.6. The molecule has 0 unspecified atom stereocenters. The first-order valence-corrected chi connectivity index (χ1v) is 9.84. The molecule has 0 saturated carbocycles. The highest BCUT2D eigenvalue weighted by molar-refractivity contribution is 6.04. The third kappa shape index (κ3) is 4.60. The van der Waals surface area contributed by atoms with Crippen molar-refractivity contribution in [3.05, 3.63) is 53.9 Å². The maximum Gasteiger partial charge on any atom is 0.273 e. The highest BCUT2D eigenvalue weighted by atomic mass is 16.5. The minimum atomic E-state index is -0.427. The normalized spacial score (nSPS) is 14.2. The molecule has 1 amide bonds. The molecule has 1 aliphatic rings. The molecule has 0 radical (unpaired) electrons. The SMILES string of the molecule is COc1ccc(OC)c(N(N)/C(C)=C(\N)C(=O)Nc2cccc(N3CCCC3)c2)c1. The summed E-state index contributed by atoms with van der Waals surface area (Å²) < 4.78 is 10.6. The van der Waals surface area contributed by atoms with Crippen molar-refractivity contribution >= 4 is 23.0 Å². The molecular weight excluding hydrogens is 382 g/mol. The van der Waals surface area contributed by atoms with Crippen molar-refractivity contribution in [1.82, 2.24) is 0 Å². The van der Waals surface area contributed by atoms with Crippen LogP contribution in [0, 0.1) is 0 Å². The molecule has 30 heavy (non-hydrogen) atoms. The number of nitrogens with zero attached hydrogens (tertiary/aromatic N) is 2. The van der Waals surface area contributed by atoms with Gasteiger partial charge in [-0.25, -0.2) is 5.84 Å². The Morgan fingerprint density at radius 1 is 1.10 bits per heavy atom. The van der Waals surface area contributed by atoms with Crippen LogP contribution < -0.4 is 36.3 Å². The molecule has 8 nitrogen and oxygen atoms in total. The van der Waals surface area contributed by atoms with Crippen LogP contribution in [0.2, 0.25) is 0 Å². The second-order valence-electron chi connectivity index (χ2n) is 7.11. The van der Waals surface area contributed by atoms with Crippen LogP contribution in [-0.2, 0) is 4.79 Å². The smallest absolute Gasteiger partial charge is 0.273 e. The number of nitrogens with two attached hydrogens (primary N) is 2. The van der Waals surface area contributed by atoms with Gasteiger partial charge in [0.05, 0.1) is 19.9 Å². The van der Waals surface area contributed by atoms with E-state index in [0.29, 0.717) is 28.6 Å². The monoisotopic (exact) mass is 411 g/mol. The lowest BCUT2D eigenvalue weighted by Crippen LogP contribution is -2.34. The third-order valence-electron chi connectivity index (χ3n) is 5.22. The Kier molecular flexibility index (Phi) is 6.68. The molecule has 1 heterocycles. The zero-order chi connectivity index (χ0) is 21.7. The van der Waals surface area contributed by atoms with Crippen LogP contribution in [0.15, 0.2) is 53.9 Å². The summed E-state index contributed by atoms with van der Waals surface area (Å²) in [7, 11) is 3.11. The summed E-state index contributed by atoms with van der Waals surface area (Å²) in [5, 5.41) is 4.17. The van der Waals surface area contributed by atoms with Crippen LogP contribution in [0.4, 0.5) is 17.1 Å². The highest BCUT2D eigenvalue weighted by Crippen LogP contribution is 2.33. The summed E-state index contributed by atoms with van der Waals surface area (Å²) in [5.41, 5.74) is 8.83. The highest BCUT2D eigenvalue weighted by Gasteiger charge is 2.18. The summed E-state index contributed by atoms with van der Waals surface area (Å²) >= 11 is 0. The van der Waals surface area contributed by atoms with Gasteiger partial charge >= 0.3 is 0 Å². The fourth-order valence-electron chi connectivity index (χ4n) is 3.41. The first kappa shape index (κ1) is 21.3. The molecule has 3 rings (SSSR count). The number of methoxy groups -OCH3 is 2. The Bertz CT molecular complexity index is 938. The Hall–Kier alpha value is -3.39. The molecule has 2 aromatic rings. The number of carbonyl (C=O) groups is 1. The molecule has 0 bridgehead atoms. The first-order chi connectivity index (χ1) is 14.4. The fourth-order valence-corrected chi connectivity index (χ4v) is 3.41. The minimum Gasteiger partial charge on any atom is -0.497 e. The second-order valence-corrected chi connectivity index (χ2v) is 7.11. The molecule has 1 saturated heterocycles. The number of hydrogen-bond acceptors (Lipinski definition) is 7. The van der Waals surface area contributed by atoms with Gasteiger partial charge in [0.25, 0.3) is 5.91 Å². The van der Waals surface area contributed by atoms with E-state index in [9.17, 15) is 4.79 Å². The van der Waals surface area contributed by atoms with Gasteiger partial charge < -0.3 is 25.4 Å². The van der Waals surface area contributed by atoms with E-state index in [4.69, 9.17) is 21.1 Å². The van der Waals surface area contributed by atoms with E-state index in [-0.39, 0.29) is 5.70 Å². The van der Waals surface area contributed by atoms with Gasteiger partial charge in [-0.05, 0) is 50.1 Å². The molecule has 2 aromatic carbocycles. The van der Waals surface area contributed by atoms with Crippen LogP contribution in [-0.4, -0.2) is 33.2 Å². The average molecular weight is 412 g/mol. The topological polar surface area (TPSA) is 106 Å². The number of ether oxygens (including phenoxy) is 2. The predicted octanol–water partition coefficient (Wildman–Crippen LogP) is 2.81. The standard InChI is InChI=1S/C22H29N5O3/c1-15(27(24)19-14-18(29-2)9-10-20(19)30-3)21(23)22(28)25-16-7-6-8-17(13-16)26-11-4-5-12-26/h6-10,13-14H,4-5,11-12,23-24H2,1-3H3,(H,25,28)/b21-15-. The van der Waals surface area contributed by atoms with Crippen molar-refractivity contribution in [1.29, 1.82) is 0 Å². The molecule has 1 fully saturated rings. The van der Waals surface area contributed by atoms with E-state index in [2.05, 4.69) is 10.2 Å². The van der Waals surface area contributed by atoms with Gasteiger partial charge in [0.2, 0.25) is 0 Å². The Labute approximate surface area is 177 Å². The molecule has 0 aliphatic carbocycles. The van der Waals surface area contributed by atoms with E-state index >= 15 is 0 Å². The van der Waals surface area contributed by atoms with Crippen LogP contribution >= 0.6 is 0 Å². The predicted molar refractivity (Wildman–Crippen MR) is 120 cm³/mol. The largest absolute Gasteiger partial charge is 0.497 e. The van der Waals surface area contributed by atoms with Gasteiger partial charge in [-0.2, -0.15) is 0 Å². The van der Waals surface area contributed by atoms with Gasteiger partial charge in [0, 0.05) is 30.5 Å². The van der Waals surface area contributed by atoms with Gasteiger partial charge in [0.1, 0.15) is 22.9 Å². The lowest BCUT2D eigenvalue weighted by Gasteiger charge is -2.23. The summed E-state index contributed by atoms with van der Waals surface area (Å²) in [6.07, 6.45) is 2.37. The van der Waals surface area contributed by atoms with Gasteiger partial charge in [-0.1, -0.05) is 6.07 Å². The average Bonchev–Trinajstić information content (AvgIpc) is 3.32. The maximum atomic E-state index is 12.8. The Morgan fingerprint density at radius 2 is 1.83 bits per heavy atom. The van der Waals surface area contributed by atoms with Crippen molar-refractivity contribution in [2.75, 3.05) is 42.5 Å². The number of benzene rings is 2. The first-order valence-electron chi connectivity index (χ1n) is 9.84. The van der Waals surface area contributed by atoms with Crippen LogP contribution in [0.1, 0.15) is 19.8 Å². The van der Waals surface area contributed by atoms with Gasteiger partial charge in [-0.3, -0.25) is 9.80 Å². The molecule has 0 spiro atoms. The lowest BCUT2D eigenvalue weighted by atomic mass is 10.2. The molecular formula is C22H29N5O3. The minimum absolute atomic E-state index is 0.00829. The summed E-state index contributed by atoms with van der Waals surface area (Å²) in [6.45, 7) is 3.74. The third-order valence-corrected chi connectivity index (χ3v) is 5.22. The zero-order valence-electron chi connectivity index (χ0n) is 17.6. The number of anilines is 3. The van der Waals surface area contributed by atoms with Crippen LogP contribution in [0.5, 0.6) is 11.5 Å². The molecule has 0 aromatic heterocycles. The number of nitrogens with one attached hydrogen (secondary N) is 1. The van der Waals surface area contributed by atoms with Gasteiger partial charge in [0.15, 0.2) is 0 Å². The number of rotatable bonds is 7. The number of hydrogen-bond donors (Lipinski definition) is 3. The molecule has 1 aliphatic heterocycles. The Morgan fingerprint density at radius 3 is 2.50 bits per heavy atom. The van der Waals surface area contributed by atoms with Gasteiger partial charge in [-0.15, -0.1) is 0 Å². The van der Waals surface area contributed by atoms with Crippen molar-refractivity contribution in [3.8, 4) is 11.5 Å².